The number of hydrogen-bond acceptors (Lipinski definition) is 2. The molecule has 1 aromatic rings. The topological polar surface area (TPSA) is 49.3 Å². The third-order valence-electron chi connectivity index (χ3n) is 3.45. The number of nitrogens with one attached hydrogen (secondary N) is 1. The lowest BCUT2D eigenvalue weighted by atomic mass is 9.74. The van der Waals surface area contributed by atoms with Gasteiger partial charge in [-0.05, 0) is 52.9 Å². The van der Waals surface area contributed by atoms with E-state index >= 15 is 0 Å². The molecule has 98 valence electrons. The van der Waals surface area contributed by atoms with E-state index in [2.05, 4.69) is 21.2 Å². The fourth-order valence-electron chi connectivity index (χ4n) is 2.25. The van der Waals surface area contributed by atoms with Gasteiger partial charge in [-0.2, -0.15) is 0 Å². The highest BCUT2D eigenvalue weighted by Gasteiger charge is 2.38. The molecule has 0 atom stereocenters. The van der Waals surface area contributed by atoms with Gasteiger partial charge in [-0.15, -0.1) is 0 Å². The molecule has 1 fully saturated rings. The lowest BCUT2D eigenvalue weighted by Gasteiger charge is -2.41. The Morgan fingerprint density at radius 2 is 2.22 bits per heavy atom. The molecule has 0 aliphatic heterocycles. The van der Waals surface area contributed by atoms with Crippen molar-refractivity contribution in [2.45, 2.75) is 37.8 Å². The highest BCUT2D eigenvalue weighted by molar-refractivity contribution is 9.10. The van der Waals surface area contributed by atoms with E-state index < -0.39 is 5.97 Å². The van der Waals surface area contributed by atoms with Gasteiger partial charge in [-0.25, -0.2) is 4.39 Å². The van der Waals surface area contributed by atoms with Crippen molar-refractivity contribution in [3.05, 3.63) is 34.1 Å². The van der Waals surface area contributed by atoms with Gasteiger partial charge >= 0.3 is 5.97 Å². The lowest BCUT2D eigenvalue weighted by molar-refractivity contribution is -0.139. The monoisotopic (exact) mass is 315 g/mol. The molecule has 5 heteroatoms. The largest absolute Gasteiger partial charge is 0.481 e. The van der Waals surface area contributed by atoms with Crippen LogP contribution < -0.4 is 5.32 Å². The van der Waals surface area contributed by atoms with Crippen LogP contribution >= 0.6 is 15.9 Å². The molecule has 0 spiro atoms. The van der Waals surface area contributed by atoms with Gasteiger partial charge in [-0.3, -0.25) is 4.79 Å². The molecule has 0 amide bonds. The van der Waals surface area contributed by atoms with Crippen LogP contribution in [-0.2, 0) is 11.3 Å². The Morgan fingerprint density at radius 3 is 2.72 bits per heavy atom. The molecule has 1 saturated carbocycles. The van der Waals surface area contributed by atoms with Crippen molar-refractivity contribution in [2.24, 2.45) is 0 Å². The minimum absolute atomic E-state index is 0.131. The van der Waals surface area contributed by atoms with Crippen LogP contribution in [0.2, 0.25) is 0 Å². The molecule has 2 N–H and O–H groups in total. The average Bonchev–Trinajstić information content (AvgIpc) is 2.26. The average molecular weight is 316 g/mol. The van der Waals surface area contributed by atoms with Crippen LogP contribution in [0.4, 0.5) is 4.39 Å². The zero-order valence-electron chi connectivity index (χ0n) is 9.88. The van der Waals surface area contributed by atoms with Crippen LogP contribution in [0.3, 0.4) is 0 Å². The smallest absolute Gasteiger partial charge is 0.305 e. The summed E-state index contributed by atoms with van der Waals surface area (Å²) in [5.41, 5.74) is 0.530. The first-order chi connectivity index (χ1) is 8.51. The Labute approximate surface area is 114 Å². The number of rotatable bonds is 5. The third-order valence-corrected chi connectivity index (χ3v) is 4.09. The molecular formula is C13H15BrFNO2. The molecule has 2 rings (SSSR count). The third kappa shape index (κ3) is 3.09. The second-order valence-electron chi connectivity index (χ2n) is 4.81. The van der Waals surface area contributed by atoms with Crippen LogP contribution in [0, 0.1) is 5.82 Å². The number of halogens is 2. The first kappa shape index (κ1) is 13.5. The summed E-state index contributed by atoms with van der Waals surface area (Å²) in [4.78, 5) is 10.8. The number of carboxylic acid groups (broad SMARTS) is 1. The van der Waals surface area contributed by atoms with E-state index in [0.717, 1.165) is 24.8 Å². The second-order valence-corrected chi connectivity index (χ2v) is 5.66. The number of benzene rings is 1. The normalized spacial score (nSPS) is 17.2. The van der Waals surface area contributed by atoms with Crippen LogP contribution in [0.5, 0.6) is 0 Å². The van der Waals surface area contributed by atoms with E-state index in [1.165, 1.54) is 6.07 Å². The van der Waals surface area contributed by atoms with Crippen molar-refractivity contribution >= 4 is 21.9 Å². The van der Waals surface area contributed by atoms with E-state index in [4.69, 9.17) is 5.11 Å². The van der Waals surface area contributed by atoms with Gasteiger partial charge in [0.1, 0.15) is 5.82 Å². The van der Waals surface area contributed by atoms with Crippen molar-refractivity contribution in [3.63, 3.8) is 0 Å². The first-order valence-electron chi connectivity index (χ1n) is 5.92. The van der Waals surface area contributed by atoms with Crippen molar-refractivity contribution in [1.29, 1.82) is 0 Å². The predicted molar refractivity (Wildman–Crippen MR) is 69.8 cm³/mol. The van der Waals surface area contributed by atoms with Crippen LogP contribution in [0.15, 0.2) is 22.7 Å². The lowest BCUT2D eigenvalue weighted by Crippen LogP contribution is -2.51. The Kier molecular flexibility index (Phi) is 4.02. The van der Waals surface area contributed by atoms with E-state index in [1.54, 1.807) is 6.07 Å². The summed E-state index contributed by atoms with van der Waals surface area (Å²) in [6.45, 7) is 0.498. The molecule has 1 aliphatic rings. The molecule has 3 nitrogen and oxygen atoms in total. The van der Waals surface area contributed by atoms with Gasteiger partial charge in [0.05, 0.1) is 10.9 Å². The highest BCUT2D eigenvalue weighted by atomic mass is 79.9. The molecule has 1 aromatic carbocycles. The molecule has 0 heterocycles. The number of hydrogen-bond donors (Lipinski definition) is 2. The second kappa shape index (κ2) is 5.36. The van der Waals surface area contributed by atoms with Gasteiger partial charge < -0.3 is 10.4 Å². The first-order valence-corrected chi connectivity index (χ1v) is 6.71. The molecule has 0 bridgehead atoms. The molecule has 18 heavy (non-hydrogen) atoms. The highest BCUT2D eigenvalue weighted by Crippen LogP contribution is 2.35. The fourth-order valence-corrected chi connectivity index (χ4v) is 2.49. The maximum absolute atomic E-state index is 13.3. The zero-order chi connectivity index (χ0) is 13.2. The number of carbonyl (C=O) groups is 1. The Hall–Kier alpha value is -0.940. The standard InChI is InChI=1S/C13H15BrFNO2/c14-10-3-2-9(6-11(10)15)8-16-13(4-1-5-13)7-12(17)18/h2-3,6,16H,1,4-5,7-8H2,(H,17,18). The van der Waals surface area contributed by atoms with Gasteiger partial charge in [0.15, 0.2) is 0 Å². The molecule has 1 aliphatic carbocycles. The summed E-state index contributed by atoms with van der Waals surface area (Å²) in [5.74, 6) is -1.08. The SMILES string of the molecule is O=C(O)CC1(NCc2ccc(Br)c(F)c2)CCC1. The summed E-state index contributed by atoms with van der Waals surface area (Å²) >= 11 is 3.10. The van der Waals surface area contributed by atoms with Crippen molar-refractivity contribution < 1.29 is 14.3 Å². The zero-order valence-corrected chi connectivity index (χ0v) is 11.5. The Bertz CT molecular complexity index is 460. The molecule has 0 saturated heterocycles. The van der Waals surface area contributed by atoms with Crippen LogP contribution in [0.1, 0.15) is 31.2 Å². The maximum atomic E-state index is 13.3. The molecular weight excluding hydrogens is 301 g/mol. The summed E-state index contributed by atoms with van der Waals surface area (Å²) in [6.07, 6.45) is 2.93. The quantitative estimate of drug-likeness (QED) is 0.878. The van der Waals surface area contributed by atoms with Crippen LogP contribution in [-0.4, -0.2) is 16.6 Å². The van der Waals surface area contributed by atoms with E-state index in [1.807, 2.05) is 6.07 Å². The molecule has 0 aromatic heterocycles. The van der Waals surface area contributed by atoms with Crippen molar-refractivity contribution in [3.8, 4) is 0 Å². The molecule has 0 radical (unpaired) electrons. The van der Waals surface area contributed by atoms with Gasteiger partial charge in [0, 0.05) is 12.1 Å². The van der Waals surface area contributed by atoms with Crippen molar-refractivity contribution in [2.75, 3.05) is 0 Å². The Balaban J connectivity index is 1.97. The number of aliphatic carboxylic acids is 1. The van der Waals surface area contributed by atoms with Crippen LogP contribution in [0.25, 0.3) is 0 Å². The van der Waals surface area contributed by atoms with E-state index in [9.17, 15) is 9.18 Å². The predicted octanol–water partition coefficient (Wildman–Crippen LogP) is 3.08. The van der Waals surface area contributed by atoms with Crippen molar-refractivity contribution in [1.82, 2.24) is 5.32 Å². The van der Waals surface area contributed by atoms with Gasteiger partial charge in [0.25, 0.3) is 0 Å². The summed E-state index contributed by atoms with van der Waals surface area (Å²) in [6, 6.07) is 4.95. The fraction of sp³-hybridized carbons (Fsp3) is 0.462. The summed E-state index contributed by atoms with van der Waals surface area (Å²) in [5, 5.41) is 12.1. The van der Waals surface area contributed by atoms with Gasteiger partial charge in [0.2, 0.25) is 0 Å². The van der Waals surface area contributed by atoms with E-state index in [0.29, 0.717) is 11.0 Å². The maximum Gasteiger partial charge on any atom is 0.305 e. The molecule has 0 unspecified atom stereocenters. The van der Waals surface area contributed by atoms with E-state index in [-0.39, 0.29) is 17.8 Å². The number of carboxylic acids is 1. The summed E-state index contributed by atoms with van der Waals surface area (Å²) in [7, 11) is 0. The minimum Gasteiger partial charge on any atom is -0.481 e. The Morgan fingerprint density at radius 1 is 1.50 bits per heavy atom. The summed E-state index contributed by atoms with van der Waals surface area (Å²) < 4.78 is 13.8. The minimum atomic E-state index is -0.788. The van der Waals surface area contributed by atoms with Gasteiger partial charge in [-0.1, -0.05) is 6.07 Å².